The van der Waals surface area contributed by atoms with E-state index in [0.717, 1.165) is 6.42 Å². The highest BCUT2D eigenvalue weighted by molar-refractivity contribution is 4.97. The van der Waals surface area contributed by atoms with E-state index in [2.05, 4.69) is 11.9 Å². The second-order valence-corrected chi connectivity index (χ2v) is 2.16. The van der Waals surface area contributed by atoms with Gasteiger partial charge in [0, 0.05) is 18.4 Å². The Kier molecular flexibility index (Phi) is 2.45. The molecule has 0 unspecified atom stereocenters. The van der Waals surface area contributed by atoms with Crippen LogP contribution < -0.4 is 0 Å². The van der Waals surface area contributed by atoms with Gasteiger partial charge in [-0.2, -0.15) is 0 Å². The first kappa shape index (κ1) is 7.28. The number of aliphatic hydroxyl groups is 1. The first-order valence-corrected chi connectivity index (χ1v) is 3.48. The van der Waals surface area contributed by atoms with Crippen molar-refractivity contribution in [2.45, 2.75) is 19.9 Å². The monoisotopic (exact) mass is 140 g/mol. The number of hydrogen-bond donors (Lipinski definition) is 1. The van der Waals surface area contributed by atoms with Crippen molar-refractivity contribution >= 4 is 0 Å². The summed E-state index contributed by atoms with van der Waals surface area (Å²) in [7, 11) is 0. The molecule has 0 saturated heterocycles. The Morgan fingerprint density at radius 3 is 3.10 bits per heavy atom. The van der Waals surface area contributed by atoms with E-state index in [1.165, 1.54) is 5.69 Å². The molecule has 0 amide bonds. The molecule has 1 N–H and O–H groups in total. The molecule has 0 saturated carbocycles. The zero-order valence-corrected chi connectivity index (χ0v) is 6.12. The molecule has 0 aromatic carbocycles. The Balaban J connectivity index is 2.70. The van der Waals surface area contributed by atoms with Crippen LogP contribution >= 0.6 is 0 Å². The van der Waals surface area contributed by atoms with Gasteiger partial charge < -0.3 is 9.67 Å². The summed E-state index contributed by atoms with van der Waals surface area (Å²) in [6, 6.07) is 0. The SMILES string of the molecule is CCc1cncn1CCO. The van der Waals surface area contributed by atoms with Gasteiger partial charge in [0.25, 0.3) is 0 Å². The third kappa shape index (κ3) is 1.36. The Morgan fingerprint density at radius 2 is 2.50 bits per heavy atom. The summed E-state index contributed by atoms with van der Waals surface area (Å²) in [6.45, 7) is 2.91. The number of imidazole rings is 1. The maximum absolute atomic E-state index is 8.61. The Bertz CT molecular complexity index is 195. The maximum Gasteiger partial charge on any atom is 0.0948 e. The van der Waals surface area contributed by atoms with E-state index >= 15 is 0 Å². The van der Waals surface area contributed by atoms with Crippen LogP contribution in [0.3, 0.4) is 0 Å². The molecule has 3 nitrogen and oxygen atoms in total. The predicted octanol–water partition coefficient (Wildman–Crippen LogP) is 0.438. The molecule has 1 aromatic heterocycles. The molecule has 0 bridgehead atoms. The first-order chi connectivity index (χ1) is 4.88. The third-order valence-electron chi connectivity index (χ3n) is 1.50. The maximum atomic E-state index is 8.61. The van der Waals surface area contributed by atoms with E-state index in [1.807, 2.05) is 10.8 Å². The summed E-state index contributed by atoms with van der Waals surface area (Å²) in [5, 5.41) is 8.61. The van der Waals surface area contributed by atoms with Gasteiger partial charge >= 0.3 is 0 Å². The van der Waals surface area contributed by atoms with E-state index in [-0.39, 0.29) is 6.61 Å². The zero-order valence-electron chi connectivity index (χ0n) is 6.12. The lowest BCUT2D eigenvalue weighted by molar-refractivity contribution is 0.274. The van der Waals surface area contributed by atoms with E-state index in [4.69, 9.17) is 5.11 Å². The minimum absolute atomic E-state index is 0.184. The van der Waals surface area contributed by atoms with Crippen LogP contribution in [-0.2, 0) is 13.0 Å². The number of nitrogens with zero attached hydrogens (tertiary/aromatic N) is 2. The summed E-state index contributed by atoms with van der Waals surface area (Å²) in [5.41, 5.74) is 1.18. The van der Waals surface area contributed by atoms with Crippen molar-refractivity contribution in [3.8, 4) is 0 Å². The Labute approximate surface area is 60.3 Å². The molecule has 56 valence electrons. The summed E-state index contributed by atoms with van der Waals surface area (Å²) in [4.78, 5) is 3.96. The standard InChI is InChI=1S/C7H12N2O/c1-2-7-5-8-6-9(7)3-4-10/h5-6,10H,2-4H2,1H3. The molecule has 0 aliphatic heterocycles. The van der Waals surface area contributed by atoms with Crippen LogP contribution in [0, 0.1) is 0 Å². The van der Waals surface area contributed by atoms with Crippen LogP contribution in [0.5, 0.6) is 0 Å². The molecule has 0 atom stereocenters. The molecule has 1 aromatic rings. The second-order valence-electron chi connectivity index (χ2n) is 2.16. The summed E-state index contributed by atoms with van der Waals surface area (Å²) >= 11 is 0. The van der Waals surface area contributed by atoms with Gasteiger partial charge in [0.05, 0.1) is 12.9 Å². The number of aromatic nitrogens is 2. The van der Waals surface area contributed by atoms with E-state index in [1.54, 1.807) is 6.33 Å². The van der Waals surface area contributed by atoms with Crippen molar-refractivity contribution in [1.82, 2.24) is 9.55 Å². The van der Waals surface area contributed by atoms with Crippen LogP contribution in [0.25, 0.3) is 0 Å². The molecule has 0 radical (unpaired) electrons. The predicted molar refractivity (Wildman–Crippen MR) is 38.7 cm³/mol. The lowest BCUT2D eigenvalue weighted by Gasteiger charge is -2.01. The van der Waals surface area contributed by atoms with Crippen LogP contribution in [0.1, 0.15) is 12.6 Å². The van der Waals surface area contributed by atoms with Crippen molar-refractivity contribution in [2.75, 3.05) is 6.61 Å². The summed E-state index contributed by atoms with van der Waals surface area (Å²) in [6.07, 6.45) is 4.55. The molecule has 0 spiro atoms. The van der Waals surface area contributed by atoms with Gasteiger partial charge in [0.15, 0.2) is 0 Å². The van der Waals surface area contributed by atoms with E-state index in [0.29, 0.717) is 6.54 Å². The summed E-state index contributed by atoms with van der Waals surface area (Å²) in [5.74, 6) is 0. The van der Waals surface area contributed by atoms with Crippen LogP contribution in [-0.4, -0.2) is 21.3 Å². The molecule has 0 fully saturated rings. The highest BCUT2D eigenvalue weighted by Crippen LogP contribution is 1.98. The van der Waals surface area contributed by atoms with E-state index < -0.39 is 0 Å². The van der Waals surface area contributed by atoms with Gasteiger partial charge in [0.1, 0.15) is 0 Å². The molecule has 0 aliphatic carbocycles. The van der Waals surface area contributed by atoms with Crippen molar-refractivity contribution in [3.63, 3.8) is 0 Å². The molecule has 1 rings (SSSR count). The molecule has 1 heterocycles. The highest BCUT2D eigenvalue weighted by Gasteiger charge is 1.96. The fourth-order valence-corrected chi connectivity index (χ4v) is 0.952. The number of rotatable bonds is 3. The topological polar surface area (TPSA) is 38.0 Å². The minimum Gasteiger partial charge on any atom is -0.395 e. The van der Waals surface area contributed by atoms with E-state index in [9.17, 15) is 0 Å². The minimum atomic E-state index is 0.184. The average molecular weight is 140 g/mol. The van der Waals surface area contributed by atoms with Crippen molar-refractivity contribution in [2.24, 2.45) is 0 Å². The van der Waals surface area contributed by atoms with Crippen LogP contribution in [0.15, 0.2) is 12.5 Å². The quantitative estimate of drug-likeness (QED) is 0.661. The van der Waals surface area contributed by atoms with Crippen LogP contribution in [0.4, 0.5) is 0 Å². The Hall–Kier alpha value is -0.830. The smallest absolute Gasteiger partial charge is 0.0948 e. The van der Waals surface area contributed by atoms with Crippen molar-refractivity contribution < 1.29 is 5.11 Å². The molecule has 0 aliphatic rings. The van der Waals surface area contributed by atoms with Gasteiger partial charge in [-0.25, -0.2) is 4.98 Å². The lowest BCUT2D eigenvalue weighted by atomic mass is 10.3. The highest BCUT2D eigenvalue weighted by atomic mass is 16.3. The normalized spacial score (nSPS) is 10.2. The number of aryl methyl sites for hydroxylation is 1. The van der Waals surface area contributed by atoms with Gasteiger partial charge in [-0.15, -0.1) is 0 Å². The van der Waals surface area contributed by atoms with Crippen molar-refractivity contribution in [3.05, 3.63) is 18.2 Å². The molecular formula is C7H12N2O. The van der Waals surface area contributed by atoms with Crippen molar-refractivity contribution in [1.29, 1.82) is 0 Å². The fourth-order valence-electron chi connectivity index (χ4n) is 0.952. The first-order valence-electron chi connectivity index (χ1n) is 3.48. The molecular weight excluding hydrogens is 128 g/mol. The zero-order chi connectivity index (χ0) is 7.40. The number of aliphatic hydroxyl groups excluding tert-OH is 1. The third-order valence-corrected chi connectivity index (χ3v) is 1.50. The Morgan fingerprint density at radius 1 is 1.70 bits per heavy atom. The van der Waals surface area contributed by atoms with Gasteiger partial charge in [-0.3, -0.25) is 0 Å². The van der Waals surface area contributed by atoms with Gasteiger partial charge in [-0.1, -0.05) is 6.92 Å². The lowest BCUT2D eigenvalue weighted by Crippen LogP contribution is -2.03. The fraction of sp³-hybridized carbons (Fsp3) is 0.571. The average Bonchev–Trinajstić information content (AvgIpc) is 2.36. The van der Waals surface area contributed by atoms with Gasteiger partial charge in [0.2, 0.25) is 0 Å². The summed E-state index contributed by atoms with van der Waals surface area (Å²) < 4.78 is 1.96. The molecule has 10 heavy (non-hydrogen) atoms. The van der Waals surface area contributed by atoms with Crippen LogP contribution in [0.2, 0.25) is 0 Å². The number of hydrogen-bond acceptors (Lipinski definition) is 2. The largest absolute Gasteiger partial charge is 0.395 e. The molecule has 3 heteroatoms. The van der Waals surface area contributed by atoms with Gasteiger partial charge in [-0.05, 0) is 6.42 Å². The second kappa shape index (κ2) is 3.37.